The Bertz CT molecular complexity index is 511. The van der Waals surface area contributed by atoms with Gasteiger partial charge in [-0.05, 0) is 6.07 Å². The number of hydrogen-bond donors (Lipinski definition) is 1. The molecule has 1 aliphatic rings. The first kappa shape index (κ1) is 13.8. The van der Waals surface area contributed by atoms with Crippen LogP contribution in [0.3, 0.4) is 0 Å². The molecule has 2 rings (SSSR count). The van der Waals surface area contributed by atoms with E-state index in [4.69, 9.17) is 4.74 Å². The summed E-state index contributed by atoms with van der Waals surface area (Å²) in [5.74, 6) is -4.82. The molecule has 1 aromatic carbocycles. The Labute approximate surface area is 105 Å². The van der Waals surface area contributed by atoms with Crippen molar-refractivity contribution in [3.63, 3.8) is 0 Å². The van der Waals surface area contributed by atoms with Crippen LogP contribution in [0.5, 0.6) is 0 Å². The van der Waals surface area contributed by atoms with Gasteiger partial charge in [-0.3, -0.25) is 10.1 Å². The standard InChI is InChI=1S/C11H10F3NO4/c12-7-3-9(14)8(13)1-5(7)6-2-11(16)19-4-10(6)15(17)18/h1,3,6,10-11,16H,2,4H2. The van der Waals surface area contributed by atoms with Gasteiger partial charge in [0.05, 0.1) is 5.92 Å². The Kier molecular flexibility index (Phi) is 3.72. The predicted octanol–water partition coefficient (Wildman–Crippen LogP) is 1.57. The summed E-state index contributed by atoms with van der Waals surface area (Å²) >= 11 is 0. The molecular weight excluding hydrogens is 267 g/mol. The molecule has 0 aromatic heterocycles. The molecule has 0 amide bonds. The summed E-state index contributed by atoms with van der Waals surface area (Å²) < 4.78 is 44.3. The second kappa shape index (κ2) is 5.14. The largest absolute Gasteiger partial charge is 0.368 e. The lowest BCUT2D eigenvalue weighted by atomic mass is 9.87. The van der Waals surface area contributed by atoms with Crippen LogP contribution in [-0.4, -0.2) is 29.0 Å². The normalized spacial score (nSPS) is 27.3. The number of ether oxygens (including phenoxy) is 1. The van der Waals surface area contributed by atoms with Crippen molar-refractivity contribution < 1.29 is 27.9 Å². The van der Waals surface area contributed by atoms with Crippen molar-refractivity contribution in [2.75, 3.05) is 6.61 Å². The predicted molar refractivity (Wildman–Crippen MR) is 56.4 cm³/mol. The maximum Gasteiger partial charge on any atom is 0.243 e. The minimum Gasteiger partial charge on any atom is -0.368 e. The van der Waals surface area contributed by atoms with Crippen LogP contribution in [0.25, 0.3) is 0 Å². The molecule has 104 valence electrons. The minimum atomic E-state index is -1.37. The van der Waals surface area contributed by atoms with Crippen molar-refractivity contribution in [3.05, 3.63) is 45.3 Å². The third-order valence-electron chi connectivity index (χ3n) is 3.09. The third kappa shape index (κ3) is 2.69. The number of rotatable bonds is 2. The average Bonchev–Trinajstić information content (AvgIpc) is 2.33. The van der Waals surface area contributed by atoms with E-state index in [2.05, 4.69) is 0 Å². The Morgan fingerprint density at radius 2 is 1.89 bits per heavy atom. The van der Waals surface area contributed by atoms with E-state index in [-0.39, 0.29) is 12.0 Å². The smallest absolute Gasteiger partial charge is 0.243 e. The van der Waals surface area contributed by atoms with Gasteiger partial charge >= 0.3 is 0 Å². The lowest BCUT2D eigenvalue weighted by Crippen LogP contribution is -2.41. The Hall–Kier alpha value is -1.67. The summed E-state index contributed by atoms with van der Waals surface area (Å²) in [4.78, 5) is 10.2. The summed E-state index contributed by atoms with van der Waals surface area (Å²) in [6.45, 7) is -0.419. The van der Waals surface area contributed by atoms with Crippen LogP contribution in [0.1, 0.15) is 17.9 Å². The molecule has 0 radical (unpaired) electrons. The number of nitro groups is 1. The first-order valence-corrected chi connectivity index (χ1v) is 5.47. The topological polar surface area (TPSA) is 72.6 Å². The van der Waals surface area contributed by atoms with Crippen LogP contribution in [0.15, 0.2) is 12.1 Å². The van der Waals surface area contributed by atoms with E-state index in [1.165, 1.54) is 0 Å². The van der Waals surface area contributed by atoms with Gasteiger partial charge in [-0.25, -0.2) is 13.2 Å². The van der Waals surface area contributed by atoms with Crippen molar-refractivity contribution in [3.8, 4) is 0 Å². The van der Waals surface area contributed by atoms with Gasteiger partial charge in [-0.1, -0.05) is 0 Å². The first-order chi connectivity index (χ1) is 8.90. The second-order valence-corrected chi connectivity index (χ2v) is 4.27. The molecule has 1 saturated heterocycles. The van der Waals surface area contributed by atoms with Crippen molar-refractivity contribution in [1.29, 1.82) is 0 Å². The molecule has 1 aliphatic heterocycles. The fourth-order valence-electron chi connectivity index (χ4n) is 2.13. The Morgan fingerprint density at radius 3 is 2.53 bits per heavy atom. The first-order valence-electron chi connectivity index (χ1n) is 5.47. The highest BCUT2D eigenvalue weighted by atomic mass is 19.2. The molecule has 0 bridgehead atoms. The zero-order chi connectivity index (χ0) is 14.2. The van der Waals surface area contributed by atoms with E-state index in [0.717, 1.165) is 0 Å². The average molecular weight is 277 g/mol. The second-order valence-electron chi connectivity index (χ2n) is 4.27. The van der Waals surface area contributed by atoms with E-state index in [0.29, 0.717) is 12.1 Å². The molecule has 3 atom stereocenters. The minimum absolute atomic E-state index is 0.256. The highest BCUT2D eigenvalue weighted by molar-refractivity contribution is 5.25. The van der Waals surface area contributed by atoms with Gasteiger partial charge in [-0.2, -0.15) is 0 Å². The molecule has 0 spiro atoms. The van der Waals surface area contributed by atoms with Crippen molar-refractivity contribution >= 4 is 0 Å². The summed E-state index contributed by atoms with van der Waals surface area (Å²) in [6, 6.07) is -0.393. The molecule has 8 heteroatoms. The highest BCUT2D eigenvalue weighted by Crippen LogP contribution is 2.33. The number of benzene rings is 1. The van der Waals surface area contributed by atoms with E-state index < -0.39 is 47.2 Å². The molecule has 1 aromatic rings. The SMILES string of the molecule is O=[N+]([O-])C1COC(O)CC1c1cc(F)c(F)cc1F. The number of halogens is 3. The van der Waals surface area contributed by atoms with E-state index in [9.17, 15) is 28.4 Å². The quantitative estimate of drug-likeness (QED) is 0.506. The summed E-state index contributed by atoms with van der Waals surface area (Å²) in [6.07, 6.45) is -1.55. The van der Waals surface area contributed by atoms with Gasteiger partial charge in [-0.15, -0.1) is 0 Å². The van der Waals surface area contributed by atoms with Crippen LogP contribution in [0.4, 0.5) is 13.2 Å². The molecule has 0 aliphatic carbocycles. The van der Waals surface area contributed by atoms with Crippen molar-refractivity contribution in [2.45, 2.75) is 24.7 Å². The van der Waals surface area contributed by atoms with Crippen molar-refractivity contribution in [1.82, 2.24) is 0 Å². The molecule has 5 nitrogen and oxygen atoms in total. The van der Waals surface area contributed by atoms with E-state index in [1.54, 1.807) is 0 Å². The molecule has 1 N–H and O–H groups in total. The van der Waals surface area contributed by atoms with Crippen LogP contribution in [-0.2, 0) is 4.74 Å². The van der Waals surface area contributed by atoms with Gasteiger partial charge in [0.15, 0.2) is 17.9 Å². The Balaban J connectivity index is 2.41. The van der Waals surface area contributed by atoms with E-state index >= 15 is 0 Å². The maximum atomic E-state index is 13.6. The molecule has 19 heavy (non-hydrogen) atoms. The monoisotopic (exact) mass is 277 g/mol. The number of aliphatic hydroxyl groups is 1. The molecular formula is C11H10F3NO4. The maximum absolute atomic E-state index is 13.6. The summed E-state index contributed by atoms with van der Waals surface area (Å²) in [5.41, 5.74) is -0.331. The van der Waals surface area contributed by atoms with Gasteiger partial charge in [0.25, 0.3) is 0 Å². The van der Waals surface area contributed by atoms with Gasteiger partial charge in [0.1, 0.15) is 12.4 Å². The lowest BCUT2D eigenvalue weighted by Gasteiger charge is -2.29. The summed E-state index contributed by atoms with van der Waals surface area (Å²) in [5, 5.41) is 20.2. The van der Waals surface area contributed by atoms with Crippen molar-refractivity contribution in [2.24, 2.45) is 0 Å². The van der Waals surface area contributed by atoms with Crippen LogP contribution < -0.4 is 0 Å². The van der Waals surface area contributed by atoms with Crippen LogP contribution >= 0.6 is 0 Å². The van der Waals surface area contributed by atoms with Gasteiger partial charge < -0.3 is 9.84 Å². The third-order valence-corrected chi connectivity index (χ3v) is 3.09. The number of hydrogen-bond acceptors (Lipinski definition) is 4. The molecule has 1 heterocycles. The zero-order valence-electron chi connectivity index (χ0n) is 9.55. The molecule has 1 fully saturated rings. The molecule has 3 unspecified atom stereocenters. The van der Waals surface area contributed by atoms with Gasteiger partial charge in [0.2, 0.25) is 6.04 Å². The Morgan fingerprint density at radius 1 is 1.26 bits per heavy atom. The number of nitrogens with zero attached hydrogens (tertiary/aromatic N) is 1. The lowest BCUT2D eigenvalue weighted by molar-refractivity contribution is -0.538. The fourth-order valence-corrected chi connectivity index (χ4v) is 2.13. The fraction of sp³-hybridized carbons (Fsp3) is 0.455. The van der Waals surface area contributed by atoms with Crippen LogP contribution in [0, 0.1) is 27.6 Å². The van der Waals surface area contributed by atoms with E-state index in [1.807, 2.05) is 0 Å². The van der Waals surface area contributed by atoms with Gasteiger partial charge in [0, 0.05) is 23.0 Å². The molecule has 0 saturated carbocycles. The number of aliphatic hydroxyl groups excluding tert-OH is 1. The van der Waals surface area contributed by atoms with Crippen LogP contribution in [0.2, 0.25) is 0 Å². The summed E-state index contributed by atoms with van der Waals surface area (Å²) in [7, 11) is 0. The zero-order valence-corrected chi connectivity index (χ0v) is 9.55. The highest BCUT2D eigenvalue weighted by Gasteiger charge is 2.41.